The smallest absolute Gasteiger partial charge is 0.662 e. The second kappa shape index (κ2) is 35.6. The number of rotatable bonds is 16. The molecular weight excluding hydrogens is 462 g/mol. The molecule has 2 rings (SSSR count). The molecule has 0 N–H and O–H groups in total. The Kier molecular flexibility index (Phi) is 39.6. The molecule has 0 saturated heterocycles. The first-order valence-corrected chi connectivity index (χ1v) is 14.2. The maximum atomic E-state index is 4.35. The van der Waals surface area contributed by atoms with E-state index in [2.05, 4.69) is 100.0 Å². The molecule has 0 spiro atoms. The van der Waals surface area contributed by atoms with Crippen LogP contribution in [0.1, 0.15) is 106 Å². The Morgan fingerprint density at radius 3 is 1.29 bits per heavy atom. The molecule has 0 amide bonds. The zero-order valence-electron chi connectivity index (χ0n) is 24.2. The zero-order valence-corrected chi connectivity index (χ0v) is 25.8. The van der Waals surface area contributed by atoms with Crippen molar-refractivity contribution < 1.29 is 21.7 Å². The summed E-state index contributed by atoms with van der Waals surface area (Å²) in [7, 11) is 0. The maximum Gasteiger partial charge on any atom is 4.00 e. The van der Waals surface area contributed by atoms with E-state index in [1.54, 1.807) is 0 Å². The van der Waals surface area contributed by atoms with E-state index in [-0.39, 0.29) is 21.7 Å². The molecule has 0 aliphatic heterocycles. The molecule has 0 aliphatic carbocycles. The third-order valence-corrected chi connectivity index (χ3v) is 4.99. The monoisotopic (exact) mass is 519 g/mol. The van der Waals surface area contributed by atoms with Crippen molar-refractivity contribution in [3.05, 3.63) is 58.4 Å². The van der Waals surface area contributed by atoms with Gasteiger partial charge in [-0.2, -0.15) is 17.5 Å². The standard InChI is InChI=1S/C9H7.2C8H18N.C6H14N.Ti/c1-2-5-9-7-3-6-8(9)4-1;2*1-3-5-7-9-8-6-4-2;1-3-5-7-6-4-2;/h1-7H;2*3-8H2,1-2H3;3-6H2,1-2H3;/q4*-1;+4. The van der Waals surface area contributed by atoms with E-state index in [9.17, 15) is 0 Å². The molecule has 0 saturated carbocycles. The molecule has 35 heavy (non-hydrogen) atoms. The third-order valence-electron chi connectivity index (χ3n) is 4.99. The van der Waals surface area contributed by atoms with Gasteiger partial charge in [0, 0.05) is 0 Å². The summed E-state index contributed by atoms with van der Waals surface area (Å²) in [6.07, 6.45) is 12.6. The van der Waals surface area contributed by atoms with Gasteiger partial charge in [-0.25, -0.2) is 0 Å². The van der Waals surface area contributed by atoms with Crippen molar-refractivity contribution in [3.63, 3.8) is 0 Å². The normalized spacial score (nSPS) is 9.66. The summed E-state index contributed by atoms with van der Waals surface area (Å²) in [4.78, 5) is 0. The van der Waals surface area contributed by atoms with Crippen LogP contribution in [0.25, 0.3) is 26.7 Å². The summed E-state index contributed by atoms with van der Waals surface area (Å²) >= 11 is 0. The summed E-state index contributed by atoms with van der Waals surface area (Å²) in [6.45, 7) is 19.5. The van der Waals surface area contributed by atoms with Gasteiger partial charge in [-0.1, -0.05) is 112 Å². The Morgan fingerprint density at radius 2 is 0.914 bits per heavy atom. The molecule has 0 aliphatic rings. The van der Waals surface area contributed by atoms with E-state index in [0.29, 0.717) is 0 Å². The average molecular weight is 520 g/mol. The number of benzene rings is 1. The van der Waals surface area contributed by atoms with Crippen molar-refractivity contribution in [2.24, 2.45) is 0 Å². The first-order chi connectivity index (χ1) is 16.7. The van der Waals surface area contributed by atoms with Crippen molar-refractivity contribution in [1.29, 1.82) is 0 Å². The Hall–Kier alpha value is -0.576. The SMILES string of the molecule is CCCC[N-]CCCC.CCCC[N-]CCCC.CCC[N-]CCC.[Ti+4].c1ccc2[cH-]ccc2c1. The third kappa shape index (κ3) is 31.4. The van der Waals surface area contributed by atoms with Crippen LogP contribution in [0, 0.1) is 0 Å². The van der Waals surface area contributed by atoms with Crippen LogP contribution in [0.2, 0.25) is 0 Å². The largest absolute Gasteiger partial charge is 4.00 e. The van der Waals surface area contributed by atoms with Gasteiger partial charge in [0.05, 0.1) is 0 Å². The second-order valence-electron chi connectivity index (χ2n) is 8.58. The average Bonchev–Trinajstić information content (AvgIpc) is 3.35. The predicted molar refractivity (Wildman–Crippen MR) is 159 cm³/mol. The van der Waals surface area contributed by atoms with Gasteiger partial charge in [-0.05, 0) is 0 Å². The minimum absolute atomic E-state index is 0. The van der Waals surface area contributed by atoms with E-state index in [1.165, 1.54) is 75.0 Å². The number of nitrogens with zero attached hydrogens (tertiary/aromatic N) is 3. The summed E-state index contributed by atoms with van der Waals surface area (Å²) in [6, 6.07) is 14.7. The molecule has 0 fully saturated rings. The van der Waals surface area contributed by atoms with Gasteiger partial charge in [-0.3, -0.25) is 0 Å². The van der Waals surface area contributed by atoms with Gasteiger partial charge in [0.1, 0.15) is 0 Å². The number of fused-ring (bicyclic) bond motifs is 1. The van der Waals surface area contributed by atoms with Crippen molar-refractivity contribution >= 4 is 10.8 Å². The Bertz CT molecular complexity index is 525. The molecule has 0 atom stereocenters. The van der Waals surface area contributed by atoms with E-state index < -0.39 is 0 Å². The van der Waals surface area contributed by atoms with Crippen LogP contribution < -0.4 is 0 Å². The van der Waals surface area contributed by atoms with Crippen molar-refractivity contribution in [3.8, 4) is 0 Å². The Balaban J connectivity index is -0.000000389. The van der Waals surface area contributed by atoms with Crippen molar-refractivity contribution in [2.75, 3.05) is 39.3 Å². The number of unbranched alkanes of at least 4 members (excludes halogenated alkanes) is 4. The number of hydrogen-bond donors (Lipinski definition) is 0. The fourth-order valence-corrected chi connectivity index (χ4v) is 2.80. The topological polar surface area (TPSA) is 42.3 Å². The van der Waals surface area contributed by atoms with Crippen LogP contribution in [0.4, 0.5) is 0 Å². The van der Waals surface area contributed by atoms with Crippen molar-refractivity contribution in [2.45, 2.75) is 106 Å². The first kappa shape index (κ1) is 38.9. The quantitative estimate of drug-likeness (QED) is 0.120. The molecule has 200 valence electrons. The second-order valence-corrected chi connectivity index (χ2v) is 8.58. The molecule has 4 heteroatoms. The van der Waals surface area contributed by atoms with Crippen LogP contribution in [0.5, 0.6) is 0 Å². The molecule has 0 unspecified atom stereocenters. The van der Waals surface area contributed by atoms with Crippen LogP contribution in [-0.2, 0) is 21.7 Å². The fourth-order valence-electron chi connectivity index (χ4n) is 2.80. The summed E-state index contributed by atoms with van der Waals surface area (Å²) < 4.78 is 0. The molecule has 2 aromatic rings. The molecule has 0 heterocycles. The van der Waals surface area contributed by atoms with Gasteiger partial charge >= 0.3 is 21.7 Å². The van der Waals surface area contributed by atoms with Crippen LogP contribution in [0.15, 0.2) is 42.5 Å². The summed E-state index contributed by atoms with van der Waals surface area (Å²) in [5.74, 6) is 0. The number of hydrogen-bond acceptors (Lipinski definition) is 0. The van der Waals surface area contributed by atoms with E-state index in [4.69, 9.17) is 0 Å². The molecule has 3 nitrogen and oxygen atoms in total. The van der Waals surface area contributed by atoms with Gasteiger partial charge in [0.2, 0.25) is 0 Å². The summed E-state index contributed by atoms with van der Waals surface area (Å²) in [5, 5.41) is 15.6. The minimum Gasteiger partial charge on any atom is -0.662 e. The van der Waals surface area contributed by atoms with E-state index in [0.717, 1.165) is 39.3 Å². The first-order valence-electron chi connectivity index (χ1n) is 14.2. The van der Waals surface area contributed by atoms with Crippen LogP contribution >= 0.6 is 0 Å². The van der Waals surface area contributed by atoms with Crippen LogP contribution in [0.3, 0.4) is 0 Å². The van der Waals surface area contributed by atoms with E-state index in [1.807, 2.05) is 0 Å². The maximum absolute atomic E-state index is 4.35. The molecule has 0 bridgehead atoms. The van der Waals surface area contributed by atoms with Crippen molar-refractivity contribution in [1.82, 2.24) is 0 Å². The molecule has 0 aromatic heterocycles. The Morgan fingerprint density at radius 1 is 0.514 bits per heavy atom. The van der Waals surface area contributed by atoms with Gasteiger partial charge < -0.3 is 16.0 Å². The molecule has 2 aromatic carbocycles. The van der Waals surface area contributed by atoms with E-state index >= 15 is 0 Å². The molecular formula is C31H57N3Ti. The van der Waals surface area contributed by atoms with Crippen LogP contribution in [-0.4, -0.2) is 39.3 Å². The van der Waals surface area contributed by atoms with Gasteiger partial charge in [0.15, 0.2) is 0 Å². The Labute approximate surface area is 235 Å². The fraction of sp³-hybridized carbons (Fsp3) is 0.710. The minimum atomic E-state index is 0. The predicted octanol–water partition coefficient (Wildman–Crippen LogP) is 10.7. The zero-order chi connectivity index (χ0) is 25.5. The summed E-state index contributed by atoms with van der Waals surface area (Å²) in [5.41, 5.74) is 0. The van der Waals surface area contributed by atoms with Gasteiger partial charge in [0.25, 0.3) is 0 Å². The van der Waals surface area contributed by atoms with Gasteiger partial charge in [-0.15, -0.1) is 68.9 Å². The molecule has 0 radical (unpaired) electrons.